The molecule has 0 spiro atoms. The van der Waals surface area contributed by atoms with Crippen LogP contribution in [0.1, 0.15) is 65.4 Å². The second kappa shape index (κ2) is 19.0. The molecule has 2 saturated heterocycles. The number of amides is 5. The number of nitrogens with zero attached hydrogens (tertiary/aromatic N) is 2. The van der Waals surface area contributed by atoms with Crippen LogP contribution in [0.25, 0.3) is 0 Å². The molecule has 3 aliphatic heterocycles. The minimum absolute atomic E-state index is 0.000447. The Balaban J connectivity index is 1.60. The molecule has 0 aromatic heterocycles. The van der Waals surface area contributed by atoms with E-state index < -0.39 is 59.4 Å². The number of carbonyl (C=O) groups excluding carboxylic acids is 6. The molecule has 296 valence electrons. The number of esters is 1. The Morgan fingerprint density at radius 1 is 1.17 bits per heavy atom. The van der Waals surface area contributed by atoms with Crippen LogP contribution in [0.15, 0.2) is 35.9 Å². The number of allylic oxidation sites excluding steroid dienone is 3. The van der Waals surface area contributed by atoms with E-state index in [0.29, 0.717) is 30.7 Å². The highest BCUT2D eigenvalue weighted by Gasteiger charge is 2.41. The molecule has 3 unspecified atom stereocenters. The molecule has 2 fully saturated rings. The van der Waals surface area contributed by atoms with E-state index in [1.54, 1.807) is 33.0 Å². The Morgan fingerprint density at radius 3 is 2.56 bits per heavy atom. The van der Waals surface area contributed by atoms with Crippen molar-refractivity contribution in [2.24, 2.45) is 11.8 Å². The van der Waals surface area contributed by atoms with E-state index in [4.69, 9.17) is 25.8 Å². The Hall–Kier alpha value is -4.08. The number of fused-ring (bicyclic) bond motifs is 4. The first-order valence-corrected chi connectivity index (χ1v) is 19.4. The number of methoxy groups -OCH3 is 1. The highest BCUT2D eigenvalue weighted by Crippen LogP contribution is 2.37. The number of likely N-dealkylation sites (N-methyl/N-ethyl adjacent to an activating group) is 1. The Labute approximate surface area is 325 Å². The summed E-state index contributed by atoms with van der Waals surface area (Å²) in [5.74, 6) is -3.21. The number of anilines is 1. The van der Waals surface area contributed by atoms with Crippen molar-refractivity contribution in [1.29, 1.82) is 0 Å². The van der Waals surface area contributed by atoms with Crippen LogP contribution in [0.3, 0.4) is 0 Å². The number of thioether (sulfide) groups is 1. The van der Waals surface area contributed by atoms with Crippen molar-refractivity contribution in [3.05, 3.63) is 46.5 Å². The van der Waals surface area contributed by atoms with E-state index >= 15 is 0 Å². The summed E-state index contributed by atoms with van der Waals surface area (Å²) in [6.45, 7) is 6.87. The van der Waals surface area contributed by atoms with E-state index in [0.717, 1.165) is 11.1 Å². The van der Waals surface area contributed by atoms with Crippen LogP contribution in [-0.4, -0.2) is 108 Å². The van der Waals surface area contributed by atoms with Gasteiger partial charge in [-0.15, -0.1) is 11.8 Å². The summed E-state index contributed by atoms with van der Waals surface area (Å²) < 4.78 is 17.1. The average molecular weight is 791 g/mol. The molecular formula is C38H51ClN4O10S. The zero-order valence-electron chi connectivity index (χ0n) is 31.8. The van der Waals surface area contributed by atoms with Crippen LogP contribution in [0.2, 0.25) is 5.02 Å². The van der Waals surface area contributed by atoms with E-state index in [1.165, 1.54) is 42.6 Å². The number of aliphatic hydroxyl groups excluding tert-OH is 1. The van der Waals surface area contributed by atoms with Gasteiger partial charge in [-0.1, -0.05) is 49.2 Å². The van der Waals surface area contributed by atoms with Crippen LogP contribution in [0, 0.1) is 11.8 Å². The monoisotopic (exact) mass is 790 g/mol. The largest absolute Gasteiger partial charge is 0.495 e. The number of halogens is 1. The molecule has 16 heteroatoms. The van der Waals surface area contributed by atoms with E-state index in [1.807, 2.05) is 25.2 Å². The van der Waals surface area contributed by atoms with Crippen molar-refractivity contribution in [1.82, 2.24) is 15.5 Å². The zero-order valence-corrected chi connectivity index (χ0v) is 33.3. The summed E-state index contributed by atoms with van der Waals surface area (Å²) in [6, 6.07) is 2.29. The molecule has 8 atom stereocenters. The summed E-state index contributed by atoms with van der Waals surface area (Å²) in [6.07, 6.45) is 3.43. The van der Waals surface area contributed by atoms with Gasteiger partial charge in [-0.05, 0) is 44.4 Å². The molecule has 3 N–H and O–H groups in total. The molecular weight excluding hydrogens is 740 g/mol. The number of rotatable bonds is 8. The number of ether oxygens (including phenoxy) is 3. The topological polar surface area (TPSA) is 181 Å². The van der Waals surface area contributed by atoms with Gasteiger partial charge in [-0.2, -0.15) is 0 Å². The van der Waals surface area contributed by atoms with Crippen LogP contribution in [0.4, 0.5) is 10.5 Å². The number of alkyl carbamates (subject to hydrolysis) is 1. The van der Waals surface area contributed by atoms with Gasteiger partial charge in [0.15, 0.2) is 0 Å². The van der Waals surface area contributed by atoms with Gasteiger partial charge in [-0.3, -0.25) is 24.5 Å². The summed E-state index contributed by atoms with van der Waals surface area (Å²) in [5.41, 5.74) is 2.24. The van der Waals surface area contributed by atoms with Gasteiger partial charge < -0.3 is 34.4 Å². The number of hydrogen-bond acceptors (Lipinski definition) is 11. The first-order valence-electron chi connectivity index (χ1n) is 18.0. The van der Waals surface area contributed by atoms with E-state index in [9.17, 15) is 33.9 Å². The molecule has 0 saturated carbocycles. The first kappa shape index (κ1) is 42.7. The highest BCUT2D eigenvalue weighted by molar-refractivity contribution is 8.00. The predicted octanol–water partition coefficient (Wildman–Crippen LogP) is 3.95. The van der Waals surface area contributed by atoms with Crippen molar-refractivity contribution in [2.45, 2.75) is 102 Å². The van der Waals surface area contributed by atoms with Gasteiger partial charge in [0.2, 0.25) is 23.6 Å². The minimum Gasteiger partial charge on any atom is -0.495 e. The second-order valence-corrected chi connectivity index (χ2v) is 15.9. The highest BCUT2D eigenvalue weighted by atomic mass is 35.5. The van der Waals surface area contributed by atoms with Crippen LogP contribution in [0.5, 0.6) is 5.75 Å². The molecule has 3 heterocycles. The number of nitrogens with one attached hydrogen (secondary N) is 2. The lowest BCUT2D eigenvalue weighted by Crippen LogP contribution is -2.51. The zero-order chi connectivity index (χ0) is 39.9. The molecule has 54 heavy (non-hydrogen) atoms. The molecule has 0 aliphatic carbocycles. The quantitative estimate of drug-likeness (QED) is 0.256. The number of aliphatic hydroxyl groups is 1. The third kappa shape index (κ3) is 10.8. The van der Waals surface area contributed by atoms with Crippen molar-refractivity contribution in [3.63, 3.8) is 0 Å². The standard InChI is InChI=1S/C38H51ClN4O10S/c1-20-10-8-9-11-25-17-27(53-38(50)40-25)21(2)35(47)22(3)28(18-33(46)43(6)26-15-24(14-20)16-29(51-7)34(26)39)52-37(49)23(4)42(5)32(45)12-13-54-30-19-31(44)41-36(30)48/h8-10,15-16,21-23,25,27-28,30,35,47H,11-14,17-19H2,1-7H3,(H,40,50)(H,41,44,48)/b9-8+,20-10+/t21-,22?,23+,25?,27+,28+,30?,35+/m1/s1. The molecule has 3 aliphatic rings. The fraction of sp³-hybridized carbons (Fsp3) is 0.579. The number of benzene rings is 1. The lowest BCUT2D eigenvalue weighted by molar-refractivity contribution is -0.164. The average Bonchev–Trinajstić information content (AvgIpc) is 3.46. The summed E-state index contributed by atoms with van der Waals surface area (Å²) in [4.78, 5) is 79.3. The van der Waals surface area contributed by atoms with Crippen molar-refractivity contribution >= 4 is 64.7 Å². The summed E-state index contributed by atoms with van der Waals surface area (Å²) in [5, 5.41) is 16.4. The molecule has 1 aromatic rings. The molecule has 4 bridgehead atoms. The molecule has 14 nitrogen and oxygen atoms in total. The van der Waals surface area contributed by atoms with Crippen LogP contribution >= 0.6 is 23.4 Å². The minimum atomic E-state index is -1.18. The van der Waals surface area contributed by atoms with Crippen molar-refractivity contribution in [3.8, 4) is 5.75 Å². The van der Waals surface area contributed by atoms with Gasteiger partial charge in [0, 0.05) is 57.0 Å². The van der Waals surface area contributed by atoms with Gasteiger partial charge >= 0.3 is 12.1 Å². The maximum Gasteiger partial charge on any atom is 0.407 e. The van der Waals surface area contributed by atoms with Crippen LogP contribution in [-0.2, 0) is 39.9 Å². The summed E-state index contributed by atoms with van der Waals surface area (Å²) >= 11 is 7.91. The SMILES string of the molecule is COc1cc2cc(c1Cl)N(C)C(=O)C[C@H](OC(=O)[C@H](C)N(C)C(=O)CCSC1CC(=O)NC1=O)C(C)[C@@H](O)[C@H](C)[C@@H]1CC(C/C=C/C=C(\C)C2)NC(=O)O1. The van der Waals surface area contributed by atoms with Crippen molar-refractivity contribution in [2.75, 3.05) is 31.9 Å². The fourth-order valence-electron chi connectivity index (χ4n) is 6.64. The van der Waals surface area contributed by atoms with Crippen LogP contribution < -0.4 is 20.3 Å². The third-order valence-corrected chi connectivity index (χ3v) is 11.9. The normalized spacial score (nSPS) is 28.9. The molecule has 4 rings (SSSR count). The first-order chi connectivity index (χ1) is 25.5. The predicted molar refractivity (Wildman–Crippen MR) is 204 cm³/mol. The third-order valence-electron chi connectivity index (χ3n) is 10.3. The maximum atomic E-state index is 14.0. The second-order valence-electron chi connectivity index (χ2n) is 14.3. The maximum absolute atomic E-state index is 14.0. The number of imide groups is 1. The smallest absolute Gasteiger partial charge is 0.407 e. The van der Waals surface area contributed by atoms with Gasteiger partial charge in [-0.25, -0.2) is 9.59 Å². The Bertz CT molecular complexity index is 1670. The molecule has 0 radical (unpaired) electrons. The molecule has 1 aromatic carbocycles. The number of hydrogen-bond donors (Lipinski definition) is 3. The lowest BCUT2D eigenvalue weighted by atomic mass is 9.82. The Morgan fingerprint density at radius 2 is 1.89 bits per heavy atom. The van der Waals surface area contributed by atoms with Gasteiger partial charge in [0.1, 0.15) is 29.0 Å². The Kier molecular flexibility index (Phi) is 15.0. The number of carbonyl (C=O) groups is 6. The van der Waals surface area contributed by atoms with Gasteiger partial charge in [0.25, 0.3) is 0 Å². The molecule has 5 amide bonds. The van der Waals surface area contributed by atoms with Crippen molar-refractivity contribution < 1.29 is 48.1 Å². The summed E-state index contributed by atoms with van der Waals surface area (Å²) in [7, 11) is 4.49. The van der Waals surface area contributed by atoms with E-state index in [-0.39, 0.29) is 53.8 Å². The van der Waals surface area contributed by atoms with E-state index in [2.05, 4.69) is 10.6 Å². The lowest BCUT2D eigenvalue weighted by Gasteiger charge is -2.38. The fourth-order valence-corrected chi connectivity index (χ4v) is 8.01. The van der Waals surface area contributed by atoms with Gasteiger partial charge in [0.05, 0.1) is 30.6 Å².